The number of rotatable bonds is 6. The topological polar surface area (TPSA) is 109 Å². The predicted molar refractivity (Wildman–Crippen MR) is 123 cm³/mol. The van der Waals surface area contributed by atoms with Crippen LogP contribution in [-0.4, -0.2) is 57.7 Å². The number of nitrogens with zero attached hydrogens (tertiary/aromatic N) is 4. The van der Waals surface area contributed by atoms with Crippen LogP contribution in [0.2, 0.25) is 0 Å². The average molecular weight is 445 g/mol. The minimum Gasteiger partial charge on any atom is -0.350 e. The number of aromatic nitrogens is 1. The maximum atomic E-state index is 13.0. The summed E-state index contributed by atoms with van der Waals surface area (Å²) < 4.78 is 0. The molecule has 33 heavy (non-hydrogen) atoms. The molecule has 9 heteroatoms. The molecule has 3 aromatic rings. The molecule has 2 heterocycles. The summed E-state index contributed by atoms with van der Waals surface area (Å²) in [5, 5.41) is 14.6. The van der Waals surface area contributed by atoms with E-state index in [0.717, 1.165) is 0 Å². The van der Waals surface area contributed by atoms with Gasteiger partial charge in [0.1, 0.15) is 5.69 Å². The van der Waals surface area contributed by atoms with Gasteiger partial charge in [-0.3, -0.25) is 24.7 Å². The first-order valence-electron chi connectivity index (χ1n) is 10.6. The molecule has 0 bridgehead atoms. The van der Waals surface area contributed by atoms with E-state index in [2.05, 4.69) is 10.3 Å². The Morgan fingerprint density at radius 2 is 1.64 bits per heavy atom. The second kappa shape index (κ2) is 9.90. The zero-order valence-electron chi connectivity index (χ0n) is 17.9. The van der Waals surface area contributed by atoms with Crippen LogP contribution in [0.25, 0.3) is 0 Å². The predicted octanol–water partition coefficient (Wildman–Crippen LogP) is 3.26. The zero-order chi connectivity index (χ0) is 23.2. The Morgan fingerprint density at radius 3 is 2.30 bits per heavy atom. The van der Waals surface area contributed by atoms with Gasteiger partial charge in [0.2, 0.25) is 5.91 Å². The summed E-state index contributed by atoms with van der Waals surface area (Å²) in [4.78, 5) is 44.1. The quantitative estimate of drug-likeness (QED) is 0.461. The summed E-state index contributed by atoms with van der Waals surface area (Å²) in [6.45, 7) is 1.55. The van der Waals surface area contributed by atoms with Crippen LogP contribution in [0.3, 0.4) is 0 Å². The molecule has 2 aromatic carbocycles. The van der Waals surface area contributed by atoms with Crippen molar-refractivity contribution in [1.29, 1.82) is 0 Å². The number of anilines is 2. The number of carbonyl (C=O) groups excluding carboxylic acids is 2. The van der Waals surface area contributed by atoms with Gasteiger partial charge in [0, 0.05) is 55.4 Å². The molecule has 0 atom stereocenters. The molecule has 168 valence electrons. The Morgan fingerprint density at radius 1 is 0.939 bits per heavy atom. The number of carbonyl (C=O) groups is 2. The van der Waals surface area contributed by atoms with Crippen molar-refractivity contribution in [2.45, 2.75) is 6.42 Å². The molecule has 0 aliphatic carbocycles. The number of benzene rings is 2. The largest absolute Gasteiger partial charge is 0.350 e. The minimum absolute atomic E-state index is 0.0345. The first-order valence-corrected chi connectivity index (χ1v) is 10.6. The van der Waals surface area contributed by atoms with E-state index < -0.39 is 4.92 Å². The van der Waals surface area contributed by atoms with Crippen LogP contribution in [0.1, 0.15) is 16.1 Å². The van der Waals surface area contributed by atoms with Gasteiger partial charge < -0.3 is 15.1 Å². The molecule has 1 fully saturated rings. The monoisotopic (exact) mass is 445 g/mol. The number of nitrogens with one attached hydrogen (secondary N) is 1. The first kappa shape index (κ1) is 21.9. The van der Waals surface area contributed by atoms with Crippen LogP contribution >= 0.6 is 0 Å². The molecule has 0 unspecified atom stereocenters. The molecule has 4 rings (SSSR count). The van der Waals surface area contributed by atoms with Crippen molar-refractivity contribution in [1.82, 2.24) is 14.8 Å². The standard InChI is InChI=1S/C24H23N5O4/c30-23(17-20-8-4-5-11-25-20)27-12-14-28(15-13-27)24(31)18-9-10-21(22(16-18)29(32)33)26-19-6-2-1-3-7-19/h1-11,16,26H,12-15,17H2. The Hall–Kier alpha value is -4.27. The molecule has 1 aliphatic heterocycles. The van der Waals surface area contributed by atoms with Crippen molar-refractivity contribution in [3.8, 4) is 0 Å². The van der Waals surface area contributed by atoms with Crippen molar-refractivity contribution in [3.05, 3.63) is 94.3 Å². The normalized spacial score (nSPS) is 13.5. The van der Waals surface area contributed by atoms with Gasteiger partial charge in [-0.25, -0.2) is 0 Å². The van der Waals surface area contributed by atoms with Gasteiger partial charge in [0.25, 0.3) is 11.6 Å². The highest BCUT2D eigenvalue weighted by atomic mass is 16.6. The molecule has 9 nitrogen and oxygen atoms in total. The van der Waals surface area contributed by atoms with Crippen LogP contribution in [0.4, 0.5) is 17.1 Å². The lowest BCUT2D eigenvalue weighted by Crippen LogP contribution is -2.51. The number of hydrogen-bond acceptors (Lipinski definition) is 6. The highest BCUT2D eigenvalue weighted by Crippen LogP contribution is 2.29. The van der Waals surface area contributed by atoms with Crippen molar-refractivity contribution < 1.29 is 14.5 Å². The number of nitro groups is 1. The summed E-state index contributed by atoms with van der Waals surface area (Å²) in [6, 6.07) is 19.0. The zero-order valence-corrected chi connectivity index (χ0v) is 17.9. The van der Waals surface area contributed by atoms with E-state index in [1.165, 1.54) is 6.07 Å². The molecule has 0 saturated carbocycles. The fourth-order valence-corrected chi connectivity index (χ4v) is 3.71. The lowest BCUT2D eigenvalue weighted by Gasteiger charge is -2.34. The highest BCUT2D eigenvalue weighted by Gasteiger charge is 2.26. The number of piperazine rings is 1. The molecule has 1 aromatic heterocycles. The molecular formula is C24H23N5O4. The molecule has 0 spiro atoms. The van der Waals surface area contributed by atoms with Crippen molar-refractivity contribution in [2.75, 3.05) is 31.5 Å². The average Bonchev–Trinajstić information content (AvgIpc) is 2.85. The van der Waals surface area contributed by atoms with Crippen LogP contribution in [0.15, 0.2) is 72.9 Å². The minimum atomic E-state index is -0.504. The lowest BCUT2D eigenvalue weighted by atomic mass is 10.1. The third-order valence-corrected chi connectivity index (χ3v) is 5.47. The van der Waals surface area contributed by atoms with E-state index in [-0.39, 0.29) is 29.5 Å². The summed E-state index contributed by atoms with van der Waals surface area (Å²) in [7, 11) is 0. The lowest BCUT2D eigenvalue weighted by molar-refractivity contribution is -0.383. The summed E-state index contributed by atoms with van der Waals surface area (Å²) in [5.41, 5.74) is 1.80. The van der Waals surface area contributed by atoms with Gasteiger partial charge in [-0.2, -0.15) is 0 Å². The molecule has 0 radical (unpaired) electrons. The fourth-order valence-electron chi connectivity index (χ4n) is 3.71. The van der Waals surface area contributed by atoms with E-state index in [1.54, 1.807) is 52.4 Å². The van der Waals surface area contributed by atoms with Gasteiger partial charge in [0.05, 0.1) is 11.3 Å². The molecule has 1 saturated heterocycles. The molecule has 1 N–H and O–H groups in total. The third-order valence-electron chi connectivity index (χ3n) is 5.47. The summed E-state index contributed by atoms with van der Waals surface area (Å²) in [6.07, 6.45) is 1.87. The number of amides is 2. The number of nitro benzene ring substituents is 1. The van der Waals surface area contributed by atoms with Gasteiger partial charge in [-0.15, -0.1) is 0 Å². The maximum Gasteiger partial charge on any atom is 0.293 e. The fraction of sp³-hybridized carbons (Fsp3) is 0.208. The number of hydrogen-bond donors (Lipinski definition) is 1. The summed E-state index contributed by atoms with van der Waals surface area (Å²) in [5.74, 6) is -0.325. The van der Waals surface area contributed by atoms with Crippen LogP contribution in [0, 0.1) is 10.1 Å². The van der Waals surface area contributed by atoms with Gasteiger partial charge >= 0.3 is 0 Å². The van der Waals surface area contributed by atoms with E-state index in [0.29, 0.717) is 43.2 Å². The Labute approximate surface area is 190 Å². The molecule has 2 amide bonds. The molecule has 1 aliphatic rings. The van der Waals surface area contributed by atoms with Gasteiger partial charge in [-0.05, 0) is 36.4 Å². The Balaban J connectivity index is 1.40. The second-order valence-electron chi connectivity index (χ2n) is 7.65. The highest BCUT2D eigenvalue weighted by molar-refractivity contribution is 5.96. The first-order chi connectivity index (χ1) is 16.0. The van der Waals surface area contributed by atoms with E-state index in [1.807, 2.05) is 24.3 Å². The van der Waals surface area contributed by atoms with E-state index in [9.17, 15) is 19.7 Å². The smallest absolute Gasteiger partial charge is 0.293 e. The Kier molecular flexibility index (Phi) is 6.58. The Bertz CT molecular complexity index is 1150. The SMILES string of the molecule is O=C(Cc1ccccn1)N1CCN(C(=O)c2ccc(Nc3ccccc3)c([N+](=O)[O-])c2)CC1. The van der Waals surface area contributed by atoms with Crippen LogP contribution in [0.5, 0.6) is 0 Å². The number of pyridine rings is 1. The molecular weight excluding hydrogens is 422 g/mol. The van der Waals surface area contributed by atoms with Crippen LogP contribution < -0.4 is 5.32 Å². The second-order valence-corrected chi connectivity index (χ2v) is 7.65. The van der Waals surface area contributed by atoms with E-state index in [4.69, 9.17) is 0 Å². The van der Waals surface area contributed by atoms with Crippen molar-refractivity contribution >= 4 is 28.9 Å². The third kappa shape index (κ3) is 5.32. The number of para-hydroxylation sites is 1. The maximum absolute atomic E-state index is 13.0. The van der Waals surface area contributed by atoms with Crippen molar-refractivity contribution in [3.63, 3.8) is 0 Å². The summed E-state index contributed by atoms with van der Waals surface area (Å²) >= 11 is 0. The van der Waals surface area contributed by atoms with Crippen LogP contribution in [-0.2, 0) is 11.2 Å². The van der Waals surface area contributed by atoms with Crippen molar-refractivity contribution in [2.24, 2.45) is 0 Å². The van der Waals surface area contributed by atoms with Gasteiger partial charge in [-0.1, -0.05) is 24.3 Å². The van der Waals surface area contributed by atoms with E-state index >= 15 is 0 Å². The van der Waals surface area contributed by atoms with Gasteiger partial charge in [0.15, 0.2) is 0 Å².